The second-order valence-corrected chi connectivity index (χ2v) is 3.71. The van der Waals surface area contributed by atoms with Crippen molar-refractivity contribution in [3.63, 3.8) is 0 Å². The summed E-state index contributed by atoms with van der Waals surface area (Å²) in [4.78, 5) is 7.89. The van der Waals surface area contributed by atoms with Crippen molar-refractivity contribution in [1.82, 2.24) is 9.97 Å². The molecule has 72 valence electrons. The van der Waals surface area contributed by atoms with E-state index in [9.17, 15) is 0 Å². The second-order valence-electron chi connectivity index (χ2n) is 3.71. The van der Waals surface area contributed by atoms with Gasteiger partial charge in [0.2, 0.25) is 0 Å². The lowest BCUT2D eigenvalue weighted by atomic mass is 9.81. The number of anilines is 1. The van der Waals surface area contributed by atoms with Crippen molar-refractivity contribution >= 4 is 5.82 Å². The predicted molar refractivity (Wildman–Crippen MR) is 52.6 cm³/mol. The zero-order valence-corrected chi connectivity index (χ0v) is 8.07. The number of nitrogens with one attached hydrogen (secondary N) is 1. The maximum atomic E-state index is 8.65. The first kappa shape index (κ1) is 8.95. The lowest BCUT2D eigenvalue weighted by Crippen LogP contribution is -2.36. The fourth-order valence-corrected chi connectivity index (χ4v) is 1.57. The van der Waals surface area contributed by atoms with Crippen molar-refractivity contribution in [3.8, 4) is 6.07 Å². The fourth-order valence-electron chi connectivity index (χ4n) is 1.57. The molecular formula is C10H12N4. The molecule has 4 nitrogen and oxygen atoms in total. The Morgan fingerprint density at radius 3 is 2.93 bits per heavy atom. The molecule has 0 amide bonds. The second kappa shape index (κ2) is 3.62. The van der Waals surface area contributed by atoms with Gasteiger partial charge < -0.3 is 5.32 Å². The molecule has 0 bridgehead atoms. The summed E-state index contributed by atoms with van der Waals surface area (Å²) in [6.45, 7) is 2.22. The van der Waals surface area contributed by atoms with E-state index in [2.05, 4.69) is 22.2 Å². The Labute approximate surface area is 83.0 Å². The molecule has 1 aromatic rings. The highest BCUT2D eigenvalue weighted by Crippen LogP contribution is 2.29. The van der Waals surface area contributed by atoms with E-state index in [0.29, 0.717) is 17.7 Å². The summed E-state index contributed by atoms with van der Waals surface area (Å²) in [5.41, 5.74) is 0.412. The van der Waals surface area contributed by atoms with Crippen molar-refractivity contribution in [1.29, 1.82) is 5.26 Å². The van der Waals surface area contributed by atoms with Crippen LogP contribution in [0.2, 0.25) is 0 Å². The van der Waals surface area contributed by atoms with E-state index < -0.39 is 0 Å². The molecule has 2 unspecified atom stereocenters. The predicted octanol–water partition coefficient (Wildman–Crippen LogP) is 1.56. The minimum absolute atomic E-state index is 0.412. The highest BCUT2D eigenvalue weighted by molar-refractivity contribution is 5.40. The normalized spacial score (nSPS) is 24.9. The van der Waals surface area contributed by atoms with E-state index in [4.69, 9.17) is 5.26 Å². The van der Waals surface area contributed by atoms with Crippen molar-refractivity contribution in [2.45, 2.75) is 25.8 Å². The quantitative estimate of drug-likeness (QED) is 0.765. The molecule has 1 aliphatic carbocycles. The minimum Gasteiger partial charge on any atom is -0.367 e. The monoisotopic (exact) mass is 188 g/mol. The van der Waals surface area contributed by atoms with Crippen LogP contribution in [0.3, 0.4) is 0 Å². The third-order valence-electron chi connectivity index (χ3n) is 2.73. The van der Waals surface area contributed by atoms with Crippen LogP contribution in [0.25, 0.3) is 0 Å². The van der Waals surface area contributed by atoms with Gasteiger partial charge in [0.25, 0.3) is 0 Å². The van der Waals surface area contributed by atoms with Gasteiger partial charge in [-0.3, -0.25) is 0 Å². The van der Waals surface area contributed by atoms with Gasteiger partial charge in [-0.15, -0.1) is 0 Å². The van der Waals surface area contributed by atoms with E-state index >= 15 is 0 Å². The number of hydrogen-bond donors (Lipinski definition) is 1. The van der Waals surface area contributed by atoms with Crippen molar-refractivity contribution in [3.05, 3.63) is 18.1 Å². The Bertz CT molecular complexity index is 369. The van der Waals surface area contributed by atoms with Crippen molar-refractivity contribution < 1.29 is 0 Å². The number of hydrogen-bond acceptors (Lipinski definition) is 4. The number of rotatable bonds is 2. The zero-order chi connectivity index (χ0) is 9.97. The molecule has 1 aromatic heterocycles. The van der Waals surface area contributed by atoms with E-state index in [1.54, 1.807) is 6.07 Å². The van der Waals surface area contributed by atoms with Gasteiger partial charge in [-0.25, -0.2) is 9.97 Å². The summed E-state index contributed by atoms with van der Waals surface area (Å²) < 4.78 is 0. The molecule has 2 atom stereocenters. The Hall–Kier alpha value is -1.63. The van der Waals surface area contributed by atoms with Crippen LogP contribution >= 0.6 is 0 Å². The van der Waals surface area contributed by atoms with Gasteiger partial charge in [-0.05, 0) is 18.8 Å². The molecule has 0 aromatic carbocycles. The molecule has 1 aliphatic rings. The maximum Gasteiger partial charge on any atom is 0.145 e. The Kier molecular flexibility index (Phi) is 2.32. The summed E-state index contributed by atoms with van der Waals surface area (Å²) in [5, 5.41) is 12.0. The Morgan fingerprint density at radius 2 is 2.36 bits per heavy atom. The third kappa shape index (κ3) is 1.67. The first-order valence-electron chi connectivity index (χ1n) is 4.78. The average molecular weight is 188 g/mol. The van der Waals surface area contributed by atoms with E-state index in [1.807, 2.05) is 6.07 Å². The fraction of sp³-hybridized carbons (Fsp3) is 0.500. The van der Waals surface area contributed by atoms with Gasteiger partial charge in [0.1, 0.15) is 23.9 Å². The topological polar surface area (TPSA) is 61.6 Å². The first-order valence-corrected chi connectivity index (χ1v) is 4.78. The number of nitriles is 1. The summed E-state index contributed by atoms with van der Waals surface area (Å²) in [5.74, 6) is 1.46. The standard InChI is InChI=1S/C10H12N4/c1-7-2-3-9(7)14-10-4-8(5-11)12-6-13-10/h4,6-7,9H,2-3H2,1H3,(H,12,13,14). The molecule has 14 heavy (non-hydrogen) atoms. The Morgan fingerprint density at radius 1 is 1.50 bits per heavy atom. The highest BCUT2D eigenvalue weighted by atomic mass is 15.0. The molecule has 0 radical (unpaired) electrons. The smallest absolute Gasteiger partial charge is 0.145 e. The zero-order valence-electron chi connectivity index (χ0n) is 8.07. The van der Waals surface area contributed by atoms with Crippen LogP contribution in [-0.4, -0.2) is 16.0 Å². The Balaban J connectivity index is 2.06. The van der Waals surface area contributed by atoms with Crippen LogP contribution in [0.4, 0.5) is 5.82 Å². The van der Waals surface area contributed by atoms with E-state index in [1.165, 1.54) is 19.2 Å². The summed E-state index contributed by atoms with van der Waals surface area (Å²) in [6.07, 6.45) is 3.88. The van der Waals surface area contributed by atoms with Crippen molar-refractivity contribution in [2.24, 2.45) is 5.92 Å². The van der Waals surface area contributed by atoms with Crippen LogP contribution in [0, 0.1) is 17.2 Å². The first-order chi connectivity index (χ1) is 6.79. The van der Waals surface area contributed by atoms with Gasteiger partial charge in [0, 0.05) is 12.1 Å². The highest BCUT2D eigenvalue weighted by Gasteiger charge is 2.26. The van der Waals surface area contributed by atoms with Crippen LogP contribution in [0.1, 0.15) is 25.5 Å². The molecule has 1 heterocycles. The van der Waals surface area contributed by atoms with Gasteiger partial charge in [-0.1, -0.05) is 6.92 Å². The average Bonchev–Trinajstić information content (AvgIpc) is 2.24. The molecule has 2 rings (SSSR count). The maximum absolute atomic E-state index is 8.65. The summed E-state index contributed by atoms with van der Waals surface area (Å²) >= 11 is 0. The minimum atomic E-state index is 0.412. The third-order valence-corrected chi connectivity index (χ3v) is 2.73. The summed E-state index contributed by atoms with van der Waals surface area (Å²) in [6, 6.07) is 4.19. The largest absolute Gasteiger partial charge is 0.367 e. The van der Waals surface area contributed by atoms with Crippen LogP contribution < -0.4 is 5.32 Å². The lowest BCUT2D eigenvalue weighted by Gasteiger charge is -2.34. The lowest BCUT2D eigenvalue weighted by molar-refractivity contribution is 0.303. The van der Waals surface area contributed by atoms with Gasteiger partial charge >= 0.3 is 0 Å². The molecule has 4 heteroatoms. The van der Waals surface area contributed by atoms with Crippen molar-refractivity contribution in [2.75, 3.05) is 5.32 Å². The van der Waals surface area contributed by atoms with Crippen LogP contribution in [0.5, 0.6) is 0 Å². The number of aromatic nitrogens is 2. The van der Waals surface area contributed by atoms with E-state index in [0.717, 1.165) is 5.82 Å². The number of nitrogens with zero attached hydrogens (tertiary/aromatic N) is 3. The molecule has 1 fully saturated rings. The molecule has 1 N–H and O–H groups in total. The van der Waals surface area contributed by atoms with Crippen LogP contribution in [-0.2, 0) is 0 Å². The summed E-state index contributed by atoms with van der Waals surface area (Å²) in [7, 11) is 0. The molecule has 0 aliphatic heterocycles. The van der Waals surface area contributed by atoms with Gasteiger partial charge in [0.05, 0.1) is 0 Å². The van der Waals surface area contributed by atoms with Gasteiger partial charge in [-0.2, -0.15) is 5.26 Å². The molecule has 1 saturated carbocycles. The molecule has 0 saturated heterocycles. The SMILES string of the molecule is CC1CCC1Nc1cc(C#N)ncn1. The van der Waals surface area contributed by atoms with Gasteiger partial charge in [0.15, 0.2) is 0 Å². The molecule has 0 spiro atoms. The van der Waals surface area contributed by atoms with Crippen LogP contribution in [0.15, 0.2) is 12.4 Å². The van der Waals surface area contributed by atoms with E-state index in [-0.39, 0.29) is 0 Å². The molecular weight excluding hydrogens is 176 g/mol.